The number of pyridine rings is 1. The Morgan fingerprint density at radius 3 is 2.52 bits per heavy atom. The molecule has 5 rings (SSSR count). The fourth-order valence-electron chi connectivity index (χ4n) is 4.26. The van der Waals surface area contributed by atoms with Crippen LogP contribution in [0.3, 0.4) is 0 Å². The van der Waals surface area contributed by atoms with E-state index in [-0.39, 0.29) is 27.9 Å². The third-order valence-corrected chi connectivity index (χ3v) is 7.20. The van der Waals surface area contributed by atoms with Crippen molar-refractivity contribution in [3.63, 3.8) is 0 Å². The maximum Gasteiger partial charge on any atom is 0.350 e. The number of thiazole rings is 1. The monoisotopic (exact) mass is 553 g/mol. The minimum absolute atomic E-state index is 0.0101. The van der Waals surface area contributed by atoms with Gasteiger partial charge in [0.1, 0.15) is 28.7 Å². The molecule has 10 heteroatoms. The molecule has 1 aliphatic heterocycles. The summed E-state index contributed by atoms with van der Waals surface area (Å²) in [5, 5.41) is 11.4. The summed E-state index contributed by atoms with van der Waals surface area (Å²) in [6.07, 6.45) is 4.39. The van der Waals surface area contributed by atoms with Crippen molar-refractivity contribution in [1.29, 1.82) is 0 Å². The van der Waals surface area contributed by atoms with E-state index >= 15 is 0 Å². The Kier molecular flexibility index (Phi) is 7.52. The predicted octanol–water partition coefficient (Wildman–Crippen LogP) is 5.61. The van der Waals surface area contributed by atoms with Gasteiger partial charge in [-0.2, -0.15) is 0 Å². The van der Waals surface area contributed by atoms with E-state index in [0.717, 1.165) is 11.3 Å². The Labute approximate surface area is 233 Å². The summed E-state index contributed by atoms with van der Waals surface area (Å²) in [4.78, 5) is 49.3. The van der Waals surface area contributed by atoms with Crippen molar-refractivity contribution in [2.45, 2.75) is 13.0 Å². The molecule has 1 N–H and O–H groups in total. The second-order valence-corrected chi connectivity index (χ2v) is 9.67. The molecular weight excluding hydrogens is 530 g/mol. The first-order chi connectivity index (χ1) is 19.4. The molecule has 1 atom stereocenters. The number of carbonyl (C=O) groups is 3. The summed E-state index contributed by atoms with van der Waals surface area (Å²) in [6, 6.07) is 18.0. The molecule has 2 aromatic heterocycles. The highest BCUT2D eigenvalue weighted by molar-refractivity contribution is 7.17. The van der Waals surface area contributed by atoms with E-state index in [0.29, 0.717) is 28.3 Å². The van der Waals surface area contributed by atoms with Crippen molar-refractivity contribution >= 4 is 39.9 Å². The Bertz CT molecular complexity index is 1630. The van der Waals surface area contributed by atoms with E-state index in [4.69, 9.17) is 9.47 Å². The highest BCUT2D eigenvalue weighted by Gasteiger charge is 2.48. The van der Waals surface area contributed by atoms with Crippen LogP contribution in [0, 0.1) is 6.92 Å². The number of anilines is 1. The van der Waals surface area contributed by atoms with Gasteiger partial charge in [0.05, 0.1) is 17.3 Å². The van der Waals surface area contributed by atoms with E-state index in [2.05, 4.69) is 16.5 Å². The first-order valence-electron chi connectivity index (χ1n) is 12.2. The molecule has 1 unspecified atom stereocenters. The number of nitrogens with zero attached hydrogens (tertiary/aromatic N) is 3. The number of ketones is 1. The van der Waals surface area contributed by atoms with Crippen LogP contribution in [0.5, 0.6) is 11.5 Å². The average molecular weight is 554 g/mol. The summed E-state index contributed by atoms with van der Waals surface area (Å²) in [6.45, 7) is 5.16. The van der Waals surface area contributed by atoms with Crippen LogP contribution in [0.4, 0.5) is 5.13 Å². The Balaban J connectivity index is 1.64. The van der Waals surface area contributed by atoms with Gasteiger partial charge in [-0.1, -0.05) is 54.3 Å². The average Bonchev–Trinajstić information content (AvgIpc) is 3.48. The molecule has 200 valence electrons. The van der Waals surface area contributed by atoms with Crippen molar-refractivity contribution < 1.29 is 29.0 Å². The zero-order chi connectivity index (χ0) is 28.2. The number of para-hydroxylation sites is 1. The van der Waals surface area contributed by atoms with E-state index in [1.807, 2.05) is 18.2 Å². The van der Waals surface area contributed by atoms with Gasteiger partial charge in [0.2, 0.25) is 0 Å². The molecule has 3 heterocycles. The number of esters is 1. The second-order valence-electron chi connectivity index (χ2n) is 8.69. The molecule has 1 fully saturated rings. The third kappa shape index (κ3) is 5.12. The number of Topliss-reactive ketones (excluding diaryl/α,β-unsaturated/α-hetero) is 1. The van der Waals surface area contributed by atoms with Crippen molar-refractivity contribution in [2.24, 2.45) is 0 Å². The van der Waals surface area contributed by atoms with Gasteiger partial charge in [-0.25, -0.2) is 9.78 Å². The van der Waals surface area contributed by atoms with Crippen LogP contribution in [0.15, 0.2) is 97.4 Å². The molecule has 40 heavy (non-hydrogen) atoms. The number of aliphatic hydroxyl groups excluding tert-OH is 1. The lowest BCUT2D eigenvalue weighted by Crippen LogP contribution is -2.29. The fraction of sp³-hybridized carbons (Fsp3) is 0.100. The number of hydrogen-bond donors (Lipinski definition) is 1. The van der Waals surface area contributed by atoms with Gasteiger partial charge in [-0.05, 0) is 48.9 Å². The number of aryl methyl sites for hydroxylation is 1. The topological polar surface area (TPSA) is 119 Å². The van der Waals surface area contributed by atoms with Gasteiger partial charge in [-0.3, -0.25) is 19.5 Å². The summed E-state index contributed by atoms with van der Waals surface area (Å²) in [7, 11) is 0. The summed E-state index contributed by atoms with van der Waals surface area (Å²) < 4.78 is 11.1. The van der Waals surface area contributed by atoms with E-state index in [1.165, 1.54) is 35.5 Å². The molecule has 4 aromatic rings. The number of aliphatic hydroxyl groups is 1. The third-order valence-electron chi connectivity index (χ3n) is 6.06. The number of benzene rings is 2. The van der Waals surface area contributed by atoms with Gasteiger partial charge < -0.3 is 14.6 Å². The molecule has 9 nitrogen and oxygen atoms in total. The number of carbonyl (C=O) groups excluding carboxylic acids is 3. The van der Waals surface area contributed by atoms with E-state index in [9.17, 15) is 19.5 Å². The van der Waals surface area contributed by atoms with Gasteiger partial charge in [0.15, 0.2) is 5.13 Å². The standard InChI is InChI=1S/C30H23N3O6S/c1-3-16-38-29(37)27-18(2)32-30(40-27)33-24(20-8-7-11-22(17-20)39-21-9-5-4-6-10-21)23(26(35)28(33)36)25(34)19-12-14-31-15-13-19/h3-15,17,24,34H,1,16H2,2H3/b25-23+. The highest BCUT2D eigenvalue weighted by Crippen LogP contribution is 2.44. The van der Waals surface area contributed by atoms with E-state index in [1.54, 1.807) is 43.3 Å². The summed E-state index contributed by atoms with van der Waals surface area (Å²) in [5.74, 6) is -1.70. The van der Waals surface area contributed by atoms with E-state index < -0.39 is 23.7 Å². The number of ether oxygens (including phenoxy) is 2. The van der Waals surface area contributed by atoms with Crippen LogP contribution in [-0.2, 0) is 14.3 Å². The number of aromatic nitrogens is 2. The smallest absolute Gasteiger partial charge is 0.350 e. The lowest BCUT2D eigenvalue weighted by atomic mass is 9.95. The molecule has 1 amide bonds. The van der Waals surface area contributed by atoms with Gasteiger partial charge in [-0.15, -0.1) is 0 Å². The second kappa shape index (κ2) is 11.3. The summed E-state index contributed by atoms with van der Waals surface area (Å²) in [5.41, 5.74) is 1.02. The Hall–Kier alpha value is -5.09. The molecule has 1 aliphatic rings. The van der Waals surface area contributed by atoms with Crippen LogP contribution in [0.25, 0.3) is 5.76 Å². The van der Waals surface area contributed by atoms with Crippen molar-refractivity contribution in [3.05, 3.63) is 119 Å². The Morgan fingerprint density at radius 2 is 1.80 bits per heavy atom. The Morgan fingerprint density at radius 1 is 1.07 bits per heavy atom. The minimum atomic E-state index is -1.06. The fourth-order valence-corrected chi connectivity index (χ4v) is 5.25. The zero-order valence-corrected chi connectivity index (χ0v) is 22.1. The quantitative estimate of drug-likeness (QED) is 0.0984. The molecule has 0 saturated carbocycles. The van der Waals surface area contributed by atoms with Crippen LogP contribution < -0.4 is 9.64 Å². The maximum atomic E-state index is 13.5. The van der Waals surface area contributed by atoms with Crippen molar-refractivity contribution in [3.8, 4) is 11.5 Å². The molecule has 2 aromatic carbocycles. The van der Waals surface area contributed by atoms with Gasteiger partial charge in [0, 0.05) is 18.0 Å². The van der Waals surface area contributed by atoms with Gasteiger partial charge in [0.25, 0.3) is 5.78 Å². The number of amides is 1. The maximum absolute atomic E-state index is 13.5. The highest BCUT2D eigenvalue weighted by atomic mass is 32.1. The van der Waals surface area contributed by atoms with Crippen LogP contribution in [-0.4, -0.2) is 39.3 Å². The van der Waals surface area contributed by atoms with Crippen LogP contribution in [0.1, 0.15) is 32.5 Å². The predicted molar refractivity (Wildman–Crippen MR) is 149 cm³/mol. The number of hydrogen-bond acceptors (Lipinski definition) is 9. The molecule has 0 spiro atoms. The summed E-state index contributed by atoms with van der Waals surface area (Å²) >= 11 is 0.923. The lowest BCUT2D eigenvalue weighted by Gasteiger charge is -2.23. The molecule has 1 saturated heterocycles. The van der Waals surface area contributed by atoms with Gasteiger partial charge >= 0.3 is 11.9 Å². The lowest BCUT2D eigenvalue weighted by molar-refractivity contribution is -0.132. The van der Waals surface area contributed by atoms with Crippen molar-refractivity contribution in [2.75, 3.05) is 11.5 Å². The van der Waals surface area contributed by atoms with Crippen LogP contribution in [0.2, 0.25) is 0 Å². The molecule has 0 aliphatic carbocycles. The zero-order valence-electron chi connectivity index (χ0n) is 21.3. The normalized spacial score (nSPS) is 16.1. The van der Waals surface area contributed by atoms with Crippen molar-refractivity contribution in [1.82, 2.24) is 9.97 Å². The minimum Gasteiger partial charge on any atom is -0.507 e. The molecule has 0 bridgehead atoms. The largest absolute Gasteiger partial charge is 0.507 e. The van der Waals surface area contributed by atoms with Crippen LogP contribution >= 0.6 is 11.3 Å². The number of rotatable bonds is 8. The SMILES string of the molecule is C=CCOC(=O)c1sc(N2C(=O)C(=O)/C(=C(/O)c3ccncc3)C2c2cccc(Oc3ccccc3)c2)nc1C. The first kappa shape index (κ1) is 26.5. The molecular formula is C30H23N3O6S. The first-order valence-corrected chi connectivity index (χ1v) is 13.0. The molecule has 0 radical (unpaired) electrons.